The number of aliphatic hydroxyl groups excluding tert-OH is 1. The van der Waals surface area contributed by atoms with E-state index < -0.39 is 22.2 Å². The molecule has 160 valence electrons. The average Bonchev–Trinajstić information content (AvgIpc) is 3.59. The van der Waals surface area contributed by atoms with Crippen molar-refractivity contribution in [3.63, 3.8) is 0 Å². The number of nitrogens with zero attached hydrogens (tertiary/aromatic N) is 1. The molecule has 1 heterocycles. The van der Waals surface area contributed by atoms with E-state index in [1.807, 2.05) is 30.3 Å². The number of hydrogen-bond acceptors (Lipinski definition) is 4. The van der Waals surface area contributed by atoms with Gasteiger partial charge in [0.1, 0.15) is 6.04 Å². The maximum absolute atomic E-state index is 13.1. The van der Waals surface area contributed by atoms with Crippen LogP contribution in [0.5, 0.6) is 0 Å². The SMILES string of the molecule is O=C(NCC1([C@@H](O)c2ccccc2)CC1)[C@H]1CCCCN1S(=O)(=O)c1ccccc1. The Bertz CT molecular complexity index is 975. The number of rotatable bonds is 7. The van der Waals surface area contributed by atoms with E-state index in [2.05, 4.69) is 5.32 Å². The van der Waals surface area contributed by atoms with Crippen LogP contribution in [0.25, 0.3) is 0 Å². The first kappa shape index (κ1) is 21.0. The van der Waals surface area contributed by atoms with Crippen molar-refractivity contribution in [1.29, 1.82) is 0 Å². The van der Waals surface area contributed by atoms with Crippen LogP contribution in [0.4, 0.5) is 0 Å². The molecule has 2 aromatic carbocycles. The van der Waals surface area contributed by atoms with Crippen molar-refractivity contribution < 1.29 is 18.3 Å². The van der Waals surface area contributed by atoms with Crippen molar-refractivity contribution in [3.05, 3.63) is 66.2 Å². The minimum absolute atomic E-state index is 0.211. The van der Waals surface area contributed by atoms with Crippen molar-refractivity contribution in [3.8, 4) is 0 Å². The van der Waals surface area contributed by atoms with Gasteiger partial charge < -0.3 is 10.4 Å². The van der Waals surface area contributed by atoms with Crippen molar-refractivity contribution in [2.45, 2.75) is 49.1 Å². The van der Waals surface area contributed by atoms with Crippen LogP contribution in [0.2, 0.25) is 0 Å². The van der Waals surface area contributed by atoms with Gasteiger partial charge in [0, 0.05) is 18.5 Å². The molecule has 0 spiro atoms. The Hall–Kier alpha value is -2.22. The van der Waals surface area contributed by atoms with Gasteiger partial charge in [0.05, 0.1) is 11.0 Å². The molecule has 0 aromatic heterocycles. The Balaban J connectivity index is 1.46. The second-order valence-electron chi connectivity index (χ2n) is 8.33. The maximum atomic E-state index is 13.1. The average molecular weight is 429 g/mol. The second kappa shape index (κ2) is 8.49. The standard InChI is InChI=1S/C23H28N2O4S/c26-21(18-9-3-1-4-10-18)23(14-15-23)17-24-22(27)20-13-7-8-16-25(20)30(28,29)19-11-5-2-6-12-19/h1-6,9-12,20-21,26H,7-8,13-17H2,(H,24,27)/t20-,21+/m1/s1. The van der Waals surface area contributed by atoms with Crippen LogP contribution in [-0.2, 0) is 14.8 Å². The number of nitrogens with one attached hydrogen (secondary N) is 1. The van der Waals surface area contributed by atoms with Crippen LogP contribution in [0.15, 0.2) is 65.6 Å². The molecule has 2 atom stereocenters. The molecule has 1 saturated heterocycles. The van der Waals surface area contributed by atoms with Crippen molar-refractivity contribution in [2.75, 3.05) is 13.1 Å². The molecule has 0 unspecified atom stereocenters. The first-order valence-corrected chi connectivity index (χ1v) is 12.0. The lowest BCUT2D eigenvalue weighted by Crippen LogP contribution is -2.52. The second-order valence-corrected chi connectivity index (χ2v) is 10.2. The number of aliphatic hydroxyl groups is 1. The number of sulfonamides is 1. The van der Waals surface area contributed by atoms with Gasteiger partial charge in [-0.25, -0.2) is 8.42 Å². The third-order valence-electron chi connectivity index (χ3n) is 6.31. The summed E-state index contributed by atoms with van der Waals surface area (Å²) in [6.07, 6.45) is 3.09. The summed E-state index contributed by atoms with van der Waals surface area (Å²) < 4.78 is 27.6. The monoisotopic (exact) mass is 428 g/mol. The van der Waals surface area contributed by atoms with E-state index in [0.717, 1.165) is 31.2 Å². The summed E-state index contributed by atoms with van der Waals surface area (Å²) in [6, 6.07) is 17.0. The van der Waals surface area contributed by atoms with Gasteiger partial charge >= 0.3 is 0 Å². The summed E-state index contributed by atoms with van der Waals surface area (Å²) in [5.74, 6) is -0.277. The van der Waals surface area contributed by atoms with Gasteiger partial charge in [0.2, 0.25) is 15.9 Å². The lowest BCUT2D eigenvalue weighted by molar-refractivity contribution is -0.126. The van der Waals surface area contributed by atoms with E-state index in [4.69, 9.17) is 0 Å². The molecule has 2 N–H and O–H groups in total. The molecule has 1 aliphatic heterocycles. The topological polar surface area (TPSA) is 86.7 Å². The molecule has 0 radical (unpaired) electrons. The lowest BCUT2D eigenvalue weighted by Gasteiger charge is -2.34. The van der Waals surface area contributed by atoms with Gasteiger partial charge in [-0.15, -0.1) is 0 Å². The summed E-state index contributed by atoms with van der Waals surface area (Å²) in [7, 11) is -3.73. The Labute approximate surface area is 178 Å². The third kappa shape index (κ3) is 4.15. The number of benzene rings is 2. The Kier molecular flexibility index (Phi) is 5.95. The first-order valence-electron chi connectivity index (χ1n) is 10.5. The van der Waals surface area contributed by atoms with E-state index in [-0.39, 0.29) is 16.2 Å². The molecular formula is C23H28N2O4S. The maximum Gasteiger partial charge on any atom is 0.243 e. The predicted molar refractivity (Wildman–Crippen MR) is 114 cm³/mol. The minimum Gasteiger partial charge on any atom is -0.388 e. The van der Waals surface area contributed by atoms with Crippen LogP contribution in [0.1, 0.15) is 43.8 Å². The number of piperidine rings is 1. The Morgan fingerprint density at radius 3 is 2.33 bits per heavy atom. The fourth-order valence-corrected chi connectivity index (χ4v) is 5.94. The molecule has 7 heteroatoms. The van der Waals surface area contributed by atoms with Crippen LogP contribution in [0.3, 0.4) is 0 Å². The van der Waals surface area contributed by atoms with Gasteiger partial charge in [-0.05, 0) is 43.4 Å². The summed E-state index contributed by atoms with van der Waals surface area (Å²) in [4.78, 5) is 13.2. The summed E-state index contributed by atoms with van der Waals surface area (Å²) in [5, 5.41) is 13.8. The van der Waals surface area contributed by atoms with Gasteiger partial charge in [0.15, 0.2) is 0 Å². The van der Waals surface area contributed by atoms with E-state index in [9.17, 15) is 18.3 Å². The molecule has 1 saturated carbocycles. The van der Waals surface area contributed by atoms with Crippen molar-refractivity contribution >= 4 is 15.9 Å². The predicted octanol–water partition coefficient (Wildman–Crippen LogP) is 2.86. The van der Waals surface area contributed by atoms with E-state index >= 15 is 0 Å². The number of carbonyl (C=O) groups excluding carboxylic acids is 1. The molecule has 30 heavy (non-hydrogen) atoms. The van der Waals surface area contributed by atoms with Crippen molar-refractivity contribution in [1.82, 2.24) is 9.62 Å². The highest BCUT2D eigenvalue weighted by Crippen LogP contribution is 2.54. The lowest BCUT2D eigenvalue weighted by atomic mass is 9.92. The summed E-state index contributed by atoms with van der Waals surface area (Å²) >= 11 is 0. The molecule has 2 fully saturated rings. The van der Waals surface area contributed by atoms with Crippen LogP contribution < -0.4 is 5.32 Å². The Morgan fingerprint density at radius 2 is 1.70 bits per heavy atom. The van der Waals surface area contributed by atoms with Gasteiger partial charge in [-0.3, -0.25) is 4.79 Å². The normalized spacial score (nSPS) is 22.2. The third-order valence-corrected chi connectivity index (χ3v) is 8.23. The van der Waals surface area contributed by atoms with Crippen LogP contribution in [-0.4, -0.2) is 42.9 Å². The molecule has 2 aromatic rings. The fraction of sp³-hybridized carbons (Fsp3) is 0.435. The molecule has 2 aliphatic rings. The van der Waals surface area contributed by atoms with Gasteiger partial charge in [0.25, 0.3) is 0 Å². The zero-order chi connectivity index (χ0) is 21.2. The fourth-order valence-electron chi connectivity index (χ4n) is 4.26. The Morgan fingerprint density at radius 1 is 1.07 bits per heavy atom. The highest BCUT2D eigenvalue weighted by atomic mass is 32.2. The first-order chi connectivity index (χ1) is 14.4. The van der Waals surface area contributed by atoms with Crippen molar-refractivity contribution in [2.24, 2.45) is 5.41 Å². The van der Waals surface area contributed by atoms with Crippen LogP contribution in [0, 0.1) is 5.41 Å². The van der Waals surface area contributed by atoms with E-state index in [0.29, 0.717) is 19.5 Å². The summed E-state index contributed by atoms with van der Waals surface area (Å²) in [5.41, 5.74) is 0.477. The summed E-state index contributed by atoms with van der Waals surface area (Å²) in [6.45, 7) is 0.685. The number of amides is 1. The highest BCUT2D eigenvalue weighted by Gasteiger charge is 2.50. The molecule has 4 rings (SSSR count). The zero-order valence-corrected chi connectivity index (χ0v) is 17.7. The molecule has 6 nitrogen and oxygen atoms in total. The zero-order valence-electron chi connectivity index (χ0n) is 16.9. The van der Waals surface area contributed by atoms with Crippen LogP contribution >= 0.6 is 0 Å². The smallest absolute Gasteiger partial charge is 0.243 e. The van der Waals surface area contributed by atoms with Gasteiger partial charge in [-0.1, -0.05) is 55.0 Å². The number of carbonyl (C=O) groups is 1. The molecule has 0 bridgehead atoms. The minimum atomic E-state index is -3.73. The van der Waals surface area contributed by atoms with E-state index in [1.54, 1.807) is 30.3 Å². The molecule has 1 amide bonds. The largest absolute Gasteiger partial charge is 0.388 e. The molecular weight excluding hydrogens is 400 g/mol. The van der Waals surface area contributed by atoms with E-state index in [1.165, 1.54) is 4.31 Å². The number of hydrogen-bond donors (Lipinski definition) is 2. The molecule has 1 aliphatic carbocycles. The highest BCUT2D eigenvalue weighted by molar-refractivity contribution is 7.89. The van der Waals surface area contributed by atoms with Gasteiger partial charge in [-0.2, -0.15) is 4.31 Å². The quantitative estimate of drug-likeness (QED) is 0.710.